The van der Waals surface area contributed by atoms with Crippen molar-refractivity contribution in [2.24, 2.45) is 0 Å². The maximum atomic E-state index is 13.1. The van der Waals surface area contributed by atoms with Crippen LogP contribution in [0.2, 0.25) is 0 Å². The van der Waals surface area contributed by atoms with Gasteiger partial charge >= 0.3 is 0 Å². The SMILES string of the molecule is O=S(=O)(NC1CC1)c1ccc(S(=O)(=O)N2CC=C(c3ccc(F)cc3)CC2)cc1. The van der Waals surface area contributed by atoms with Crippen molar-refractivity contribution in [1.82, 2.24) is 9.03 Å². The summed E-state index contributed by atoms with van der Waals surface area (Å²) in [5.74, 6) is -0.313. The van der Waals surface area contributed by atoms with E-state index in [0.717, 1.165) is 24.0 Å². The Bertz CT molecular complexity index is 1140. The smallest absolute Gasteiger partial charge is 0.208 e. The van der Waals surface area contributed by atoms with Gasteiger partial charge in [0.2, 0.25) is 20.0 Å². The lowest BCUT2D eigenvalue weighted by Crippen LogP contribution is -2.34. The highest BCUT2D eigenvalue weighted by Crippen LogP contribution is 2.27. The van der Waals surface area contributed by atoms with E-state index in [4.69, 9.17) is 0 Å². The number of nitrogens with zero attached hydrogens (tertiary/aromatic N) is 1. The molecular weight excluding hydrogens is 415 g/mol. The fourth-order valence-corrected chi connectivity index (χ4v) is 5.91. The Morgan fingerprint density at radius 2 is 1.52 bits per heavy atom. The second-order valence-corrected chi connectivity index (χ2v) is 10.9. The van der Waals surface area contributed by atoms with Crippen LogP contribution in [0.25, 0.3) is 5.57 Å². The molecule has 2 aromatic rings. The number of halogens is 1. The summed E-state index contributed by atoms with van der Waals surface area (Å²) < 4.78 is 67.3. The van der Waals surface area contributed by atoms with Gasteiger partial charge < -0.3 is 0 Å². The summed E-state index contributed by atoms with van der Waals surface area (Å²) >= 11 is 0. The minimum atomic E-state index is -3.73. The molecule has 1 heterocycles. The highest BCUT2D eigenvalue weighted by Gasteiger charge is 2.29. The van der Waals surface area contributed by atoms with Gasteiger partial charge in [0.15, 0.2) is 0 Å². The standard InChI is InChI=1S/C20H21FN2O4S2/c21-17-3-1-15(2-4-17)16-11-13-23(14-12-16)29(26,27)20-9-7-19(8-10-20)28(24,25)22-18-5-6-18/h1-4,7-11,18,22H,5-6,12-14H2. The number of hydrogen-bond acceptors (Lipinski definition) is 4. The summed E-state index contributed by atoms with van der Waals surface area (Å²) in [6.45, 7) is 0.507. The van der Waals surface area contributed by atoms with Gasteiger partial charge in [-0.15, -0.1) is 0 Å². The molecule has 0 radical (unpaired) electrons. The molecule has 1 aliphatic heterocycles. The third kappa shape index (κ3) is 4.42. The number of hydrogen-bond donors (Lipinski definition) is 1. The van der Waals surface area contributed by atoms with Crippen LogP contribution in [0.3, 0.4) is 0 Å². The summed E-state index contributed by atoms with van der Waals surface area (Å²) in [7, 11) is -7.35. The van der Waals surface area contributed by atoms with Gasteiger partial charge in [-0.3, -0.25) is 0 Å². The van der Waals surface area contributed by atoms with E-state index in [9.17, 15) is 21.2 Å². The summed E-state index contributed by atoms with van der Waals surface area (Å²) in [6, 6.07) is 11.4. The largest absolute Gasteiger partial charge is 0.243 e. The van der Waals surface area contributed by atoms with Gasteiger partial charge in [-0.1, -0.05) is 18.2 Å². The molecule has 4 rings (SSSR count). The van der Waals surface area contributed by atoms with Crippen LogP contribution in [0.15, 0.2) is 64.4 Å². The van der Waals surface area contributed by atoms with Crippen LogP contribution in [0.1, 0.15) is 24.8 Å². The van der Waals surface area contributed by atoms with Gasteiger partial charge in [-0.05, 0) is 66.8 Å². The van der Waals surface area contributed by atoms with E-state index in [0.29, 0.717) is 13.0 Å². The second kappa shape index (κ2) is 7.64. The third-order valence-corrected chi connectivity index (χ3v) is 8.47. The monoisotopic (exact) mass is 436 g/mol. The van der Waals surface area contributed by atoms with E-state index in [1.807, 2.05) is 6.08 Å². The first-order chi connectivity index (χ1) is 13.8. The molecule has 0 amide bonds. The molecule has 29 heavy (non-hydrogen) atoms. The fraction of sp³-hybridized carbons (Fsp3) is 0.300. The lowest BCUT2D eigenvalue weighted by Gasteiger charge is -2.26. The van der Waals surface area contributed by atoms with Crippen molar-refractivity contribution in [3.8, 4) is 0 Å². The van der Waals surface area contributed by atoms with Crippen LogP contribution < -0.4 is 4.72 Å². The maximum Gasteiger partial charge on any atom is 0.243 e. The van der Waals surface area contributed by atoms with Crippen molar-refractivity contribution in [2.75, 3.05) is 13.1 Å². The molecule has 0 atom stereocenters. The van der Waals surface area contributed by atoms with Crippen molar-refractivity contribution >= 4 is 25.6 Å². The molecule has 1 N–H and O–H groups in total. The van der Waals surface area contributed by atoms with Gasteiger partial charge in [-0.25, -0.2) is 25.9 Å². The minimum absolute atomic E-state index is 0.0150. The molecule has 154 valence electrons. The number of nitrogens with one attached hydrogen (secondary N) is 1. The summed E-state index contributed by atoms with van der Waals surface area (Å²) in [5, 5.41) is 0. The molecule has 0 bridgehead atoms. The van der Waals surface area contributed by atoms with Crippen molar-refractivity contribution in [3.05, 3.63) is 66.0 Å². The zero-order valence-corrected chi connectivity index (χ0v) is 17.2. The molecule has 0 aromatic heterocycles. The Morgan fingerprint density at radius 1 is 0.897 bits per heavy atom. The van der Waals surface area contributed by atoms with Gasteiger partial charge in [0.25, 0.3) is 0 Å². The number of benzene rings is 2. The molecule has 1 aliphatic carbocycles. The summed E-state index contributed by atoms with van der Waals surface area (Å²) in [5.41, 5.74) is 1.85. The van der Waals surface area contributed by atoms with E-state index < -0.39 is 20.0 Å². The van der Waals surface area contributed by atoms with Crippen LogP contribution in [0.4, 0.5) is 4.39 Å². The Morgan fingerprint density at radius 3 is 2.07 bits per heavy atom. The van der Waals surface area contributed by atoms with Crippen molar-refractivity contribution < 1.29 is 21.2 Å². The Labute approximate surface area is 170 Å². The lowest BCUT2D eigenvalue weighted by atomic mass is 10.0. The van der Waals surface area contributed by atoms with E-state index >= 15 is 0 Å². The van der Waals surface area contributed by atoms with Crippen LogP contribution >= 0.6 is 0 Å². The first-order valence-electron chi connectivity index (χ1n) is 9.33. The highest BCUT2D eigenvalue weighted by molar-refractivity contribution is 7.89. The third-order valence-electron chi connectivity index (χ3n) is 5.06. The second-order valence-electron chi connectivity index (χ2n) is 7.22. The van der Waals surface area contributed by atoms with Crippen LogP contribution in [-0.4, -0.2) is 40.3 Å². The molecule has 0 unspecified atom stereocenters. The molecule has 0 saturated heterocycles. The van der Waals surface area contributed by atoms with Gasteiger partial charge in [0, 0.05) is 19.1 Å². The Balaban J connectivity index is 1.49. The fourth-order valence-electron chi connectivity index (χ4n) is 3.22. The van der Waals surface area contributed by atoms with E-state index in [1.54, 1.807) is 12.1 Å². The first-order valence-corrected chi connectivity index (χ1v) is 12.3. The van der Waals surface area contributed by atoms with Gasteiger partial charge in [0.05, 0.1) is 9.79 Å². The summed E-state index contributed by atoms with van der Waals surface area (Å²) in [4.78, 5) is 0.113. The zero-order chi connectivity index (χ0) is 20.6. The molecule has 2 aromatic carbocycles. The molecule has 1 saturated carbocycles. The predicted molar refractivity (Wildman–Crippen MR) is 108 cm³/mol. The van der Waals surface area contributed by atoms with Crippen LogP contribution in [0, 0.1) is 5.82 Å². The molecule has 1 fully saturated rings. The van der Waals surface area contributed by atoms with Crippen LogP contribution in [-0.2, 0) is 20.0 Å². The van der Waals surface area contributed by atoms with Crippen molar-refractivity contribution in [2.45, 2.75) is 35.1 Å². The van der Waals surface area contributed by atoms with Gasteiger partial charge in [0.1, 0.15) is 5.82 Å². The molecule has 6 nitrogen and oxygen atoms in total. The predicted octanol–water partition coefficient (Wildman–Crippen LogP) is 2.74. The average Bonchev–Trinajstić information content (AvgIpc) is 3.52. The van der Waals surface area contributed by atoms with Crippen molar-refractivity contribution in [3.63, 3.8) is 0 Å². The minimum Gasteiger partial charge on any atom is -0.208 e. The van der Waals surface area contributed by atoms with Crippen molar-refractivity contribution in [1.29, 1.82) is 0 Å². The maximum absolute atomic E-state index is 13.1. The topological polar surface area (TPSA) is 83.5 Å². The van der Waals surface area contributed by atoms with E-state index in [2.05, 4.69) is 4.72 Å². The van der Waals surface area contributed by atoms with Gasteiger partial charge in [-0.2, -0.15) is 4.31 Å². The van der Waals surface area contributed by atoms with E-state index in [-0.39, 0.29) is 28.2 Å². The van der Waals surface area contributed by atoms with E-state index in [1.165, 1.54) is 40.7 Å². The molecule has 9 heteroatoms. The number of sulfonamides is 2. The highest BCUT2D eigenvalue weighted by atomic mass is 32.2. The lowest BCUT2D eigenvalue weighted by molar-refractivity contribution is 0.441. The Kier molecular flexibility index (Phi) is 5.32. The normalized spacial score (nSPS) is 18.4. The summed E-state index contributed by atoms with van der Waals surface area (Å²) in [6.07, 6.45) is 4.00. The quantitative estimate of drug-likeness (QED) is 0.755. The van der Waals surface area contributed by atoms with Crippen LogP contribution in [0.5, 0.6) is 0 Å². The Hall–Kier alpha value is -2.07. The average molecular weight is 437 g/mol. The molecule has 2 aliphatic rings. The zero-order valence-electron chi connectivity index (χ0n) is 15.6. The molecule has 0 spiro atoms. The molecular formula is C20H21FN2O4S2. The number of rotatable bonds is 6. The first kappa shape index (κ1) is 20.2.